The molecule has 136 valence electrons. The molecule has 3 rings (SSSR count). The lowest BCUT2D eigenvalue weighted by Gasteiger charge is -2.21. The average molecular weight is 395 g/mol. The molecule has 1 aliphatic heterocycles. The lowest BCUT2D eigenvalue weighted by atomic mass is 10.1. The molecule has 0 aliphatic carbocycles. The van der Waals surface area contributed by atoms with Crippen LogP contribution in [0.1, 0.15) is 21.5 Å². The van der Waals surface area contributed by atoms with Crippen molar-refractivity contribution in [3.63, 3.8) is 0 Å². The van der Waals surface area contributed by atoms with Crippen LogP contribution in [0.25, 0.3) is 0 Å². The number of anilines is 1. The molecule has 0 radical (unpaired) electrons. The van der Waals surface area contributed by atoms with E-state index in [0.717, 1.165) is 11.3 Å². The third-order valence-electron chi connectivity index (χ3n) is 3.83. The van der Waals surface area contributed by atoms with Crippen LogP contribution in [0.2, 0.25) is 4.34 Å². The molecule has 0 fully saturated rings. The Hall–Kier alpha value is -2.65. The van der Waals surface area contributed by atoms with Crippen molar-refractivity contribution in [1.29, 1.82) is 0 Å². The third kappa shape index (κ3) is 3.78. The minimum atomic E-state index is -0.882. The first-order chi connectivity index (χ1) is 12.5. The molecule has 10 heteroatoms. The second-order valence-corrected chi connectivity index (χ2v) is 6.99. The van der Waals surface area contributed by atoms with Crippen molar-refractivity contribution >= 4 is 40.5 Å². The van der Waals surface area contributed by atoms with Crippen LogP contribution in [-0.4, -0.2) is 34.9 Å². The Balaban J connectivity index is 1.81. The molecular formula is C16H15ClN4O4S. The monoisotopic (exact) mass is 394 g/mol. The van der Waals surface area contributed by atoms with Crippen molar-refractivity contribution in [3.8, 4) is 0 Å². The third-order valence-corrected chi connectivity index (χ3v) is 5.16. The van der Waals surface area contributed by atoms with Crippen LogP contribution in [0.4, 0.5) is 5.69 Å². The Morgan fingerprint density at radius 1 is 1.50 bits per heavy atom. The summed E-state index contributed by atoms with van der Waals surface area (Å²) >= 11 is 7.58. The molecule has 8 nitrogen and oxygen atoms in total. The fourth-order valence-electron chi connectivity index (χ4n) is 2.55. The predicted octanol–water partition coefficient (Wildman–Crippen LogP) is 3.34. The Morgan fingerprint density at radius 3 is 2.96 bits per heavy atom. The second-order valence-electron chi connectivity index (χ2n) is 5.51. The fourth-order valence-corrected chi connectivity index (χ4v) is 3.60. The topological polar surface area (TPSA) is 97.1 Å². The molecule has 0 bridgehead atoms. The van der Waals surface area contributed by atoms with Gasteiger partial charge in [0.15, 0.2) is 0 Å². The molecule has 0 spiro atoms. The first-order valence-corrected chi connectivity index (χ1v) is 8.95. The highest BCUT2D eigenvalue weighted by Crippen LogP contribution is 2.32. The summed E-state index contributed by atoms with van der Waals surface area (Å²) < 4.78 is 0.587. The van der Waals surface area contributed by atoms with E-state index in [-0.39, 0.29) is 12.5 Å². The zero-order valence-electron chi connectivity index (χ0n) is 13.8. The summed E-state index contributed by atoms with van der Waals surface area (Å²) in [6, 6.07) is 6.63. The molecule has 1 aromatic heterocycles. The summed E-state index contributed by atoms with van der Waals surface area (Å²) in [4.78, 5) is 33.7. The Kier molecular flexibility index (Phi) is 5.38. The first kappa shape index (κ1) is 18.2. The van der Waals surface area contributed by atoms with Crippen LogP contribution >= 0.6 is 22.9 Å². The quantitative estimate of drug-likeness (QED) is 0.619. The van der Waals surface area contributed by atoms with Gasteiger partial charge >= 0.3 is 0 Å². The Bertz CT molecular complexity index is 863. The summed E-state index contributed by atoms with van der Waals surface area (Å²) in [6.07, 6.45) is 0. The van der Waals surface area contributed by atoms with E-state index in [9.17, 15) is 14.9 Å². The molecule has 1 aromatic carbocycles. The number of aliphatic imine (C=N–C) groups is 1. The summed E-state index contributed by atoms with van der Waals surface area (Å²) in [5, 5.41) is 14.6. The van der Waals surface area contributed by atoms with E-state index in [4.69, 9.17) is 11.6 Å². The van der Waals surface area contributed by atoms with E-state index in [2.05, 4.69) is 15.1 Å². The number of nitrogens with zero attached hydrogens (tertiary/aromatic N) is 3. The van der Waals surface area contributed by atoms with E-state index in [1.54, 1.807) is 24.3 Å². The number of hydrogen-bond donors (Lipinski definition) is 1. The van der Waals surface area contributed by atoms with Crippen LogP contribution in [0, 0.1) is 17.0 Å². The maximum absolute atomic E-state index is 13.0. The van der Waals surface area contributed by atoms with Gasteiger partial charge in [0.05, 0.1) is 12.2 Å². The number of aryl methyl sites for hydroxylation is 1. The number of benzene rings is 1. The van der Waals surface area contributed by atoms with E-state index in [0.29, 0.717) is 34.5 Å². The molecular weight excluding hydrogens is 380 g/mol. The van der Waals surface area contributed by atoms with Gasteiger partial charge in [-0.05, 0) is 29.5 Å². The lowest BCUT2D eigenvalue weighted by Crippen LogP contribution is -2.39. The molecule has 0 saturated carbocycles. The fraction of sp³-hybridized carbons (Fsp3) is 0.250. The van der Waals surface area contributed by atoms with Gasteiger partial charge in [0.1, 0.15) is 10.9 Å². The van der Waals surface area contributed by atoms with Crippen molar-refractivity contribution in [3.05, 3.63) is 60.8 Å². The van der Waals surface area contributed by atoms with Crippen molar-refractivity contribution < 1.29 is 14.7 Å². The SMILES string of the molecule is Cc1csc(Cl)c1NC1=NCCN1C(=O)c1ccccc1CO[N+](=O)[O-]. The van der Waals surface area contributed by atoms with E-state index < -0.39 is 5.09 Å². The number of hydrogen-bond acceptors (Lipinski definition) is 7. The standard InChI is InChI=1S/C16H15ClN4O4S/c1-10-9-26-14(17)13(10)19-16-18-6-7-20(16)15(22)12-5-3-2-4-11(12)8-25-21(23)24/h2-5,9H,6-8H2,1H3,(H,18,19). The zero-order valence-corrected chi connectivity index (χ0v) is 15.3. The zero-order chi connectivity index (χ0) is 18.7. The molecule has 1 amide bonds. The van der Waals surface area contributed by atoms with Crippen LogP contribution in [0.5, 0.6) is 0 Å². The molecule has 1 aliphatic rings. The number of thiophene rings is 1. The maximum atomic E-state index is 13.0. The van der Waals surface area contributed by atoms with Crippen molar-refractivity contribution in [1.82, 2.24) is 4.90 Å². The molecule has 0 unspecified atom stereocenters. The van der Waals surface area contributed by atoms with Crippen LogP contribution < -0.4 is 5.32 Å². The van der Waals surface area contributed by atoms with E-state index >= 15 is 0 Å². The van der Waals surface area contributed by atoms with Gasteiger partial charge in [-0.3, -0.25) is 14.7 Å². The van der Waals surface area contributed by atoms with Crippen LogP contribution in [0.3, 0.4) is 0 Å². The number of guanidine groups is 1. The minimum Gasteiger partial charge on any atom is -0.324 e. The number of amides is 1. The largest absolute Gasteiger partial charge is 0.324 e. The molecule has 2 heterocycles. The maximum Gasteiger partial charge on any atom is 0.294 e. The van der Waals surface area contributed by atoms with Crippen LogP contribution in [0.15, 0.2) is 34.6 Å². The highest BCUT2D eigenvalue weighted by atomic mass is 35.5. The van der Waals surface area contributed by atoms with Crippen molar-refractivity contribution in [2.75, 3.05) is 18.4 Å². The molecule has 2 aromatic rings. The van der Waals surface area contributed by atoms with Gasteiger partial charge in [0, 0.05) is 12.1 Å². The smallest absolute Gasteiger partial charge is 0.294 e. The number of rotatable bonds is 5. The van der Waals surface area contributed by atoms with Gasteiger partial charge in [-0.25, -0.2) is 0 Å². The normalized spacial score (nSPS) is 13.5. The molecule has 26 heavy (non-hydrogen) atoms. The van der Waals surface area contributed by atoms with Gasteiger partial charge in [-0.2, -0.15) is 0 Å². The number of carbonyl (C=O) groups is 1. The minimum absolute atomic E-state index is 0.294. The van der Waals surface area contributed by atoms with Gasteiger partial charge in [-0.15, -0.1) is 21.5 Å². The lowest BCUT2D eigenvalue weighted by molar-refractivity contribution is -0.763. The van der Waals surface area contributed by atoms with E-state index in [1.807, 2.05) is 12.3 Å². The molecule has 0 saturated heterocycles. The highest BCUT2D eigenvalue weighted by molar-refractivity contribution is 7.15. The predicted molar refractivity (Wildman–Crippen MR) is 99.3 cm³/mol. The summed E-state index contributed by atoms with van der Waals surface area (Å²) in [5.74, 6) is 0.101. The summed E-state index contributed by atoms with van der Waals surface area (Å²) in [5.41, 5.74) is 2.45. The highest BCUT2D eigenvalue weighted by Gasteiger charge is 2.27. The summed E-state index contributed by atoms with van der Waals surface area (Å²) in [6.45, 7) is 2.49. The number of nitrogens with one attached hydrogen (secondary N) is 1. The number of carbonyl (C=O) groups excluding carboxylic acids is 1. The Morgan fingerprint density at radius 2 is 2.27 bits per heavy atom. The van der Waals surface area contributed by atoms with Crippen molar-refractivity contribution in [2.45, 2.75) is 13.5 Å². The average Bonchev–Trinajstić information content (AvgIpc) is 3.21. The van der Waals surface area contributed by atoms with Crippen molar-refractivity contribution in [2.24, 2.45) is 4.99 Å². The number of halogens is 1. The van der Waals surface area contributed by atoms with Crippen LogP contribution in [-0.2, 0) is 11.4 Å². The van der Waals surface area contributed by atoms with Gasteiger partial charge in [0.25, 0.3) is 11.0 Å². The first-order valence-electron chi connectivity index (χ1n) is 7.69. The van der Waals surface area contributed by atoms with Gasteiger partial charge in [0.2, 0.25) is 5.96 Å². The van der Waals surface area contributed by atoms with Gasteiger partial charge in [-0.1, -0.05) is 29.8 Å². The van der Waals surface area contributed by atoms with E-state index in [1.165, 1.54) is 16.2 Å². The second kappa shape index (κ2) is 7.71. The molecule has 1 N–H and O–H groups in total. The Labute approximate surface area is 158 Å². The summed E-state index contributed by atoms with van der Waals surface area (Å²) in [7, 11) is 0. The molecule has 0 atom stereocenters. The van der Waals surface area contributed by atoms with Gasteiger partial charge < -0.3 is 10.2 Å².